The van der Waals surface area contributed by atoms with E-state index in [1.165, 1.54) is 0 Å². The molecule has 0 unspecified atom stereocenters. The summed E-state index contributed by atoms with van der Waals surface area (Å²) in [6.45, 7) is 0. The van der Waals surface area contributed by atoms with E-state index in [2.05, 4.69) is 0 Å². The number of rotatable bonds is 5. The Kier molecular flexibility index (Phi) is 4.08. The highest BCUT2D eigenvalue weighted by Crippen LogP contribution is 2.16. The molecule has 0 aliphatic heterocycles. The van der Waals surface area contributed by atoms with Crippen molar-refractivity contribution in [3.63, 3.8) is 0 Å². The van der Waals surface area contributed by atoms with Crippen LogP contribution in [0.2, 0.25) is 0 Å². The lowest BCUT2D eigenvalue weighted by Gasteiger charge is -2.07. The standard InChI is InChI=1S/C16H14O3/c17-15(18)11-10-12-6-4-5-9-14(12)16(19)13-7-2-1-3-8-13/h1-9H,10-11H2,(H,17,18). The second-order valence-electron chi connectivity index (χ2n) is 4.25. The Balaban J connectivity index is 2.29. The summed E-state index contributed by atoms with van der Waals surface area (Å²) in [4.78, 5) is 23.0. The molecule has 2 aromatic carbocycles. The van der Waals surface area contributed by atoms with Crippen molar-refractivity contribution in [1.29, 1.82) is 0 Å². The van der Waals surface area contributed by atoms with Crippen molar-refractivity contribution in [3.05, 3.63) is 71.3 Å². The number of carboxylic acid groups (broad SMARTS) is 1. The number of hydrogen-bond acceptors (Lipinski definition) is 2. The van der Waals surface area contributed by atoms with Crippen molar-refractivity contribution in [2.45, 2.75) is 12.8 Å². The van der Waals surface area contributed by atoms with Crippen LogP contribution in [0.3, 0.4) is 0 Å². The molecular weight excluding hydrogens is 240 g/mol. The molecule has 0 heterocycles. The van der Waals surface area contributed by atoms with E-state index in [-0.39, 0.29) is 12.2 Å². The van der Waals surface area contributed by atoms with Crippen LogP contribution in [0.5, 0.6) is 0 Å². The second-order valence-corrected chi connectivity index (χ2v) is 4.25. The first kappa shape index (κ1) is 13.0. The molecule has 0 atom stereocenters. The molecule has 0 amide bonds. The predicted octanol–water partition coefficient (Wildman–Crippen LogP) is 2.93. The van der Waals surface area contributed by atoms with Crippen LogP contribution in [-0.4, -0.2) is 16.9 Å². The minimum absolute atomic E-state index is 0.0269. The van der Waals surface area contributed by atoms with Gasteiger partial charge in [0.2, 0.25) is 0 Å². The summed E-state index contributed by atoms with van der Waals surface area (Å²) < 4.78 is 0. The zero-order valence-electron chi connectivity index (χ0n) is 10.4. The van der Waals surface area contributed by atoms with Crippen LogP contribution in [0, 0.1) is 0 Å². The average molecular weight is 254 g/mol. The van der Waals surface area contributed by atoms with E-state index in [0.29, 0.717) is 17.5 Å². The van der Waals surface area contributed by atoms with Gasteiger partial charge in [-0.15, -0.1) is 0 Å². The summed E-state index contributed by atoms with van der Waals surface area (Å²) in [6.07, 6.45) is 0.392. The summed E-state index contributed by atoms with van der Waals surface area (Å²) >= 11 is 0. The predicted molar refractivity (Wildman–Crippen MR) is 72.3 cm³/mol. The molecule has 3 heteroatoms. The van der Waals surface area contributed by atoms with Gasteiger partial charge < -0.3 is 5.11 Å². The molecule has 0 radical (unpaired) electrons. The first-order valence-electron chi connectivity index (χ1n) is 6.08. The Morgan fingerprint density at radius 1 is 0.895 bits per heavy atom. The first-order valence-corrected chi connectivity index (χ1v) is 6.08. The summed E-state index contributed by atoms with van der Waals surface area (Å²) in [5.74, 6) is -0.927. The SMILES string of the molecule is O=C(O)CCc1ccccc1C(=O)c1ccccc1. The van der Waals surface area contributed by atoms with Crippen molar-refractivity contribution < 1.29 is 14.7 Å². The van der Waals surface area contributed by atoms with Gasteiger partial charge in [-0.3, -0.25) is 9.59 Å². The lowest BCUT2D eigenvalue weighted by Crippen LogP contribution is -2.07. The molecule has 3 nitrogen and oxygen atoms in total. The van der Waals surface area contributed by atoms with E-state index >= 15 is 0 Å². The molecular formula is C16H14O3. The Hall–Kier alpha value is -2.42. The molecule has 96 valence electrons. The van der Waals surface area contributed by atoms with Crippen molar-refractivity contribution in [2.24, 2.45) is 0 Å². The van der Waals surface area contributed by atoms with Crippen molar-refractivity contribution in [3.8, 4) is 0 Å². The highest BCUT2D eigenvalue weighted by Gasteiger charge is 2.13. The third-order valence-electron chi connectivity index (χ3n) is 2.91. The first-order chi connectivity index (χ1) is 9.18. The normalized spacial score (nSPS) is 10.1. The molecule has 1 N–H and O–H groups in total. The van der Waals surface area contributed by atoms with Crippen molar-refractivity contribution >= 4 is 11.8 Å². The van der Waals surface area contributed by atoms with E-state index < -0.39 is 5.97 Å². The van der Waals surface area contributed by atoms with Gasteiger partial charge in [0.05, 0.1) is 0 Å². The number of carbonyl (C=O) groups excluding carboxylic acids is 1. The summed E-state index contributed by atoms with van der Waals surface area (Å²) in [5, 5.41) is 8.74. The Bertz CT molecular complexity index is 588. The highest BCUT2D eigenvalue weighted by molar-refractivity contribution is 6.09. The number of ketones is 1. The zero-order chi connectivity index (χ0) is 13.7. The van der Waals surface area contributed by atoms with Crippen LogP contribution < -0.4 is 0 Å². The van der Waals surface area contributed by atoms with E-state index in [9.17, 15) is 9.59 Å². The van der Waals surface area contributed by atoms with Gasteiger partial charge in [-0.05, 0) is 12.0 Å². The van der Waals surface area contributed by atoms with Gasteiger partial charge in [-0.1, -0.05) is 54.6 Å². The fourth-order valence-electron chi connectivity index (χ4n) is 1.95. The van der Waals surface area contributed by atoms with Gasteiger partial charge in [-0.25, -0.2) is 0 Å². The Morgan fingerprint density at radius 2 is 1.53 bits per heavy atom. The number of hydrogen-bond donors (Lipinski definition) is 1. The molecule has 0 aromatic heterocycles. The molecule has 0 spiro atoms. The molecule has 2 aromatic rings. The van der Waals surface area contributed by atoms with E-state index in [1.807, 2.05) is 24.3 Å². The molecule has 0 aliphatic carbocycles. The van der Waals surface area contributed by atoms with Crippen LogP contribution in [0.15, 0.2) is 54.6 Å². The average Bonchev–Trinajstić information content (AvgIpc) is 2.45. The van der Waals surface area contributed by atoms with Gasteiger partial charge in [0, 0.05) is 17.5 Å². The van der Waals surface area contributed by atoms with Crippen molar-refractivity contribution in [2.75, 3.05) is 0 Å². The maximum atomic E-state index is 12.4. The summed E-state index contributed by atoms with van der Waals surface area (Å²) in [6, 6.07) is 16.2. The van der Waals surface area contributed by atoms with Crippen LogP contribution in [-0.2, 0) is 11.2 Å². The van der Waals surface area contributed by atoms with Crippen LogP contribution >= 0.6 is 0 Å². The molecule has 0 saturated heterocycles. The van der Waals surface area contributed by atoms with Gasteiger partial charge in [0.1, 0.15) is 0 Å². The maximum absolute atomic E-state index is 12.4. The number of benzene rings is 2. The lowest BCUT2D eigenvalue weighted by molar-refractivity contribution is -0.136. The zero-order valence-corrected chi connectivity index (χ0v) is 10.4. The fraction of sp³-hybridized carbons (Fsp3) is 0.125. The quantitative estimate of drug-likeness (QED) is 0.835. The largest absolute Gasteiger partial charge is 0.481 e. The fourth-order valence-corrected chi connectivity index (χ4v) is 1.95. The van der Waals surface area contributed by atoms with Gasteiger partial charge >= 0.3 is 5.97 Å². The van der Waals surface area contributed by atoms with E-state index in [4.69, 9.17) is 5.11 Å². The minimum Gasteiger partial charge on any atom is -0.481 e. The van der Waals surface area contributed by atoms with E-state index in [0.717, 1.165) is 5.56 Å². The molecule has 0 bridgehead atoms. The van der Waals surface area contributed by atoms with Crippen molar-refractivity contribution in [1.82, 2.24) is 0 Å². The Morgan fingerprint density at radius 3 is 2.21 bits per heavy atom. The second kappa shape index (κ2) is 5.96. The Labute approximate surface area is 111 Å². The number of carbonyl (C=O) groups is 2. The van der Waals surface area contributed by atoms with Gasteiger partial charge in [-0.2, -0.15) is 0 Å². The number of carboxylic acids is 1. The molecule has 2 rings (SSSR count). The van der Waals surface area contributed by atoms with Crippen LogP contribution in [0.4, 0.5) is 0 Å². The monoisotopic (exact) mass is 254 g/mol. The number of aryl methyl sites for hydroxylation is 1. The van der Waals surface area contributed by atoms with Gasteiger partial charge in [0.25, 0.3) is 0 Å². The summed E-state index contributed by atoms with van der Waals surface area (Å²) in [7, 11) is 0. The minimum atomic E-state index is -0.859. The molecule has 19 heavy (non-hydrogen) atoms. The number of aliphatic carboxylic acids is 1. The third kappa shape index (κ3) is 3.28. The topological polar surface area (TPSA) is 54.4 Å². The summed E-state index contributed by atoms with van der Waals surface area (Å²) in [5.41, 5.74) is 1.97. The maximum Gasteiger partial charge on any atom is 0.303 e. The third-order valence-corrected chi connectivity index (χ3v) is 2.91. The van der Waals surface area contributed by atoms with Gasteiger partial charge in [0.15, 0.2) is 5.78 Å². The molecule has 0 fully saturated rings. The van der Waals surface area contributed by atoms with E-state index in [1.54, 1.807) is 30.3 Å². The van der Waals surface area contributed by atoms with Crippen LogP contribution in [0.1, 0.15) is 27.9 Å². The lowest BCUT2D eigenvalue weighted by atomic mass is 9.96. The smallest absolute Gasteiger partial charge is 0.303 e. The van der Waals surface area contributed by atoms with Crippen LogP contribution in [0.25, 0.3) is 0 Å². The molecule has 0 saturated carbocycles. The highest BCUT2D eigenvalue weighted by atomic mass is 16.4. The molecule has 0 aliphatic rings.